The quantitative estimate of drug-likeness (QED) is 0.754. The molecule has 2 fully saturated rings. The molecular weight excluding hydrogens is 351 g/mol. The van der Waals surface area contributed by atoms with Crippen molar-refractivity contribution >= 4 is 35.0 Å². The molecule has 9 heteroatoms. The lowest BCUT2D eigenvalue weighted by molar-refractivity contribution is -0.119. The zero-order chi connectivity index (χ0) is 17.8. The van der Waals surface area contributed by atoms with Crippen LogP contribution in [0.1, 0.15) is 0 Å². The Bertz CT molecular complexity index is 654. The fourth-order valence-electron chi connectivity index (χ4n) is 2.94. The van der Waals surface area contributed by atoms with E-state index in [0.29, 0.717) is 11.4 Å². The molecule has 3 rings (SSSR count). The van der Waals surface area contributed by atoms with Gasteiger partial charge in [-0.1, -0.05) is 0 Å². The van der Waals surface area contributed by atoms with Gasteiger partial charge in [0.05, 0.1) is 24.5 Å². The van der Waals surface area contributed by atoms with Crippen LogP contribution in [0.3, 0.4) is 0 Å². The minimum Gasteiger partial charge on any atom is -0.442 e. The molecule has 2 N–H and O–H groups in total. The molecule has 2 aliphatic rings. The molecule has 0 aromatic heterocycles. The maximum atomic E-state index is 14.5. The second-order valence-corrected chi connectivity index (χ2v) is 6.19. The van der Waals surface area contributed by atoms with E-state index in [9.17, 15) is 14.0 Å². The first-order valence-electron chi connectivity index (χ1n) is 8.14. The van der Waals surface area contributed by atoms with E-state index in [1.807, 2.05) is 4.90 Å². The van der Waals surface area contributed by atoms with E-state index in [1.54, 1.807) is 12.1 Å². The van der Waals surface area contributed by atoms with Gasteiger partial charge in [0, 0.05) is 26.2 Å². The minimum atomic E-state index is -0.556. The summed E-state index contributed by atoms with van der Waals surface area (Å²) in [6, 6.07) is 4.74. The van der Waals surface area contributed by atoms with Crippen LogP contribution in [0.15, 0.2) is 18.2 Å². The smallest absolute Gasteiger partial charge is 0.414 e. The lowest BCUT2D eigenvalue weighted by Gasteiger charge is -2.30. The normalized spacial score (nSPS) is 20.6. The standard InChI is InChI=1S/C16H20ClFN4O3/c17-8-15(23)20-9-12-10-22(16(24)25-12)11-1-2-14(13(18)7-11)21-5-3-19-4-6-21/h1-2,7,12,19H,3-6,8-10H2,(H,20,23)/t12-/m0/s1. The molecule has 0 radical (unpaired) electrons. The van der Waals surface area contributed by atoms with Crippen molar-refractivity contribution in [2.75, 3.05) is 54.9 Å². The van der Waals surface area contributed by atoms with Crippen molar-refractivity contribution in [3.8, 4) is 0 Å². The molecule has 2 heterocycles. The highest BCUT2D eigenvalue weighted by atomic mass is 35.5. The number of benzene rings is 1. The third-order valence-electron chi connectivity index (χ3n) is 4.22. The Hall–Kier alpha value is -2.06. The molecule has 1 atom stereocenters. The summed E-state index contributed by atoms with van der Waals surface area (Å²) in [5.74, 6) is -0.850. The Morgan fingerprint density at radius 1 is 1.40 bits per heavy atom. The van der Waals surface area contributed by atoms with E-state index in [0.717, 1.165) is 26.2 Å². The van der Waals surface area contributed by atoms with Gasteiger partial charge in [0.1, 0.15) is 17.8 Å². The van der Waals surface area contributed by atoms with Crippen LogP contribution in [-0.4, -0.2) is 63.3 Å². The van der Waals surface area contributed by atoms with Crippen molar-refractivity contribution in [3.05, 3.63) is 24.0 Å². The second-order valence-electron chi connectivity index (χ2n) is 5.93. The number of nitrogens with zero attached hydrogens (tertiary/aromatic N) is 2. The summed E-state index contributed by atoms with van der Waals surface area (Å²) in [5.41, 5.74) is 0.969. The Labute approximate surface area is 150 Å². The SMILES string of the molecule is O=C(CCl)NC[C@H]1CN(c2ccc(N3CCNCC3)c(F)c2)C(=O)O1. The highest BCUT2D eigenvalue weighted by Gasteiger charge is 2.33. The third kappa shape index (κ3) is 4.13. The van der Waals surface area contributed by atoms with Crippen LogP contribution in [0.5, 0.6) is 0 Å². The molecular formula is C16H20ClFN4O3. The minimum absolute atomic E-state index is 0.150. The molecule has 136 valence electrons. The number of halogens is 2. The Kier molecular flexibility index (Phi) is 5.60. The number of anilines is 2. The highest BCUT2D eigenvalue weighted by Crippen LogP contribution is 2.28. The van der Waals surface area contributed by atoms with Crippen molar-refractivity contribution in [2.45, 2.75) is 6.10 Å². The lowest BCUT2D eigenvalue weighted by Crippen LogP contribution is -2.43. The molecule has 7 nitrogen and oxygen atoms in total. The summed E-state index contributed by atoms with van der Waals surface area (Å²) in [4.78, 5) is 26.5. The number of hydrogen-bond acceptors (Lipinski definition) is 5. The molecule has 1 aromatic rings. The molecule has 2 aliphatic heterocycles. The molecule has 0 saturated carbocycles. The number of alkyl halides is 1. The van der Waals surface area contributed by atoms with Crippen molar-refractivity contribution in [1.82, 2.24) is 10.6 Å². The fourth-order valence-corrected chi connectivity index (χ4v) is 3.03. The van der Waals surface area contributed by atoms with Crippen molar-refractivity contribution in [2.24, 2.45) is 0 Å². The highest BCUT2D eigenvalue weighted by molar-refractivity contribution is 6.27. The van der Waals surface area contributed by atoms with E-state index < -0.39 is 12.2 Å². The Morgan fingerprint density at radius 3 is 2.84 bits per heavy atom. The lowest BCUT2D eigenvalue weighted by atomic mass is 10.2. The summed E-state index contributed by atoms with van der Waals surface area (Å²) in [6.07, 6.45) is -1.05. The number of hydrogen-bond donors (Lipinski definition) is 2. The van der Waals surface area contributed by atoms with Crippen LogP contribution in [0.4, 0.5) is 20.6 Å². The van der Waals surface area contributed by atoms with Gasteiger partial charge in [0.15, 0.2) is 0 Å². The summed E-state index contributed by atoms with van der Waals surface area (Å²) in [7, 11) is 0. The zero-order valence-electron chi connectivity index (χ0n) is 13.6. The molecule has 0 spiro atoms. The van der Waals surface area contributed by atoms with Gasteiger partial charge in [-0.2, -0.15) is 0 Å². The van der Waals surface area contributed by atoms with Crippen LogP contribution in [-0.2, 0) is 9.53 Å². The molecule has 0 aliphatic carbocycles. The number of carbonyl (C=O) groups is 2. The van der Waals surface area contributed by atoms with E-state index in [1.165, 1.54) is 11.0 Å². The van der Waals surface area contributed by atoms with Gasteiger partial charge in [-0.3, -0.25) is 9.69 Å². The summed E-state index contributed by atoms with van der Waals surface area (Å²) in [5, 5.41) is 5.79. The maximum absolute atomic E-state index is 14.5. The largest absolute Gasteiger partial charge is 0.442 e. The first kappa shape index (κ1) is 17.8. The van der Waals surface area contributed by atoms with Crippen LogP contribution >= 0.6 is 11.6 Å². The number of nitrogens with one attached hydrogen (secondary N) is 2. The van der Waals surface area contributed by atoms with Gasteiger partial charge in [-0.25, -0.2) is 9.18 Å². The van der Waals surface area contributed by atoms with Crippen LogP contribution < -0.4 is 20.4 Å². The average Bonchev–Trinajstić information content (AvgIpc) is 3.01. The second kappa shape index (κ2) is 7.88. The molecule has 0 bridgehead atoms. The van der Waals surface area contributed by atoms with E-state index >= 15 is 0 Å². The Morgan fingerprint density at radius 2 is 2.16 bits per heavy atom. The molecule has 2 saturated heterocycles. The predicted octanol–water partition coefficient (Wildman–Crippen LogP) is 0.915. The summed E-state index contributed by atoms with van der Waals surface area (Å²) >= 11 is 5.41. The summed E-state index contributed by atoms with van der Waals surface area (Å²) < 4.78 is 19.7. The van der Waals surface area contributed by atoms with E-state index in [2.05, 4.69) is 10.6 Å². The topological polar surface area (TPSA) is 73.9 Å². The van der Waals surface area contributed by atoms with Crippen LogP contribution in [0.25, 0.3) is 0 Å². The number of rotatable bonds is 5. The molecule has 25 heavy (non-hydrogen) atoms. The first-order valence-corrected chi connectivity index (χ1v) is 8.68. The van der Waals surface area contributed by atoms with Gasteiger partial charge in [0.2, 0.25) is 5.91 Å². The van der Waals surface area contributed by atoms with E-state index in [4.69, 9.17) is 16.3 Å². The van der Waals surface area contributed by atoms with Gasteiger partial charge in [-0.15, -0.1) is 11.6 Å². The zero-order valence-corrected chi connectivity index (χ0v) is 14.4. The van der Waals surface area contributed by atoms with Gasteiger partial charge < -0.3 is 20.3 Å². The molecule has 0 unspecified atom stereocenters. The molecule has 1 aromatic carbocycles. The average molecular weight is 371 g/mol. The van der Waals surface area contributed by atoms with Crippen LogP contribution in [0.2, 0.25) is 0 Å². The van der Waals surface area contributed by atoms with E-state index in [-0.39, 0.29) is 30.7 Å². The predicted molar refractivity (Wildman–Crippen MR) is 92.8 cm³/mol. The van der Waals surface area contributed by atoms with Crippen LogP contribution in [0, 0.1) is 5.82 Å². The van der Waals surface area contributed by atoms with Crippen molar-refractivity contribution in [3.63, 3.8) is 0 Å². The maximum Gasteiger partial charge on any atom is 0.414 e. The number of amides is 2. The monoisotopic (exact) mass is 370 g/mol. The van der Waals surface area contributed by atoms with Gasteiger partial charge >= 0.3 is 6.09 Å². The third-order valence-corrected chi connectivity index (χ3v) is 4.47. The number of carbonyl (C=O) groups excluding carboxylic acids is 2. The summed E-state index contributed by atoms with van der Waals surface area (Å²) in [6.45, 7) is 3.53. The van der Waals surface area contributed by atoms with Crippen molar-refractivity contribution in [1.29, 1.82) is 0 Å². The Balaban J connectivity index is 1.66. The number of ether oxygens (including phenoxy) is 1. The van der Waals surface area contributed by atoms with Gasteiger partial charge in [-0.05, 0) is 18.2 Å². The van der Waals surface area contributed by atoms with Gasteiger partial charge in [0.25, 0.3) is 0 Å². The fraction of sp³-hybridized carbons (Fsp3) is 0.500. The number of cyclic esters (lactones) is 1. The van der Waals surface area contributed by atoms with Crippen molar-refractivity contribution < 1.29 is 18.7 Å². The molecule has 2 amide bonds. The first-order chi connectivity index (χ1) is 12.1. The number of piperazine rings is 1.